The van der Waals surface area contributed by atoms with Gasteiger partial charge in [0.1, 0.15) is 23.7 Å². The van der Waals surface area contributed by atoms with Gasteiger partial charge in [0, 0.05) is 11.8 Å². The molecule has 3 aromatic carbocycles. The van der Waals surface area contributed by atoms with E-state index in [1.807, 2.05) is 91.0 Å². The summed E-state index contributed by atoms with van der Waals surface area (Å²) in [6, 6.07) is 28.6. The number of aliphatic hydroxyl groups excluding tert-OH is 2. The van der Waals surface area contributed by atoms with E-state index in [0.717, 1.165) is 21.3 Å². The lowest BCUT2D eigenvalue weighted by atomic mass is 9.64. The molecule has 1 aliphatic heterocycles. The average Bonchev–Trinajstić information content (AvgIpc) is 3.22. The second-order valence-electron chi connectivity index (χ2n) is 9.26. The number of rotatable bonds is 6. The fourth-order valence-corrected chi connectivity index (χ4v) is 5.61. The summed E-state index contributed by atoms with van der Waals surface area (Å²) < 4.78 is 7.34. The number of alkyl halides is 1. The van der Waals surface area contributed by atoms with Crippen LogP contribution in [0.5, 0.6) is 0 Å². The number of H-pyrrole nitrogens is 1. The van der Waals surface area contributed by atoms with Crippen LogP contribution in [0.2, 0.25) is 0 Å². The number of hydrogen-bond acceptors (Lipinski definition) is 5. The number of aryl methyl sites for hydroxylation is 1. The molecule has 2 unspecified atom stereocenters. The second kappa shape index (κ2) is 10.1. The predicted octanol–water partition coefficient (Wildman–Crippen LogP) is 3.11. The molecule has 8 heteroatoms. The van der Waals surface area contributed by atoms with Crippen molar-refractivity contribution in [3.8, 4) is 0 Å². The molecule has 0 radical (unpaired) electrons. The number of benzene rings is 3. The van der Waals surface area contributed by atoms with Gasteiger partial charge in [0.05, 0.1) is 5.41 Å². The lowest BCUT2D eigenvalue weighted by Gasteiger charge is -2.42. The van der Waals surface area contributed by atoms with Crippen LogP contribution >= 0.6 is 11.6 Å². The first-order valence-corrected chi connectivity index (χ1v) is 12.4. The topological polar surface area (TPSA) is 105 Å². The zero-order valence-electron chi connectivity index (χ0n) is 20.1. The minimum absolute atomic E-state index is 0.290. The third-order valence-corrected chi connectivity index (χ3v) is 7.57. The maximum Gasteiger partial charge on any atom is 0.330 e. The quantitative estimate of drug-likeness (QED) is 0.269. The van der Waals surface area contributed by atoms with Crippen LogP contribution in [0.25, 0.3) is 0 Å². The number of hydrogen-bond donors (Lipinski definition) is 3. The molecule has 0 aliphatic carbocycles. The summed E-state index contributed by atoms with van der Waals surface area (Å²) in [6.45, 7) is 1.56. The van der Waals surface area contributed by atoms with Crippen molar-refractivity contribution in [3.05, 3.63) is 140 Å². The standard InChI is InChI=1S/C29H27ClN2O5/c1-18-17-32(28(36)31-26(18)35)27-22(30)23(33)24(37-27)25(34)29(19-11-5-2-6-12-19,20-13-7-3-8-14-20)21-15-9-4-10-16-21/h2-17,22-25,27,33-34H,1H3,(H,31,35,36)/t22?,23-,24-,25?,27+/m0/s1. The molecule has 2 heterocycles. The van der Waals surface area contributed by atoms with Gasteiger partial charge in [0.2, 0.25) is 0 Å². The van der Waals surface area contributed by atoms with Gasteiger partial charge in [-0.15, -0.1) is 11.6 Å². The molecule has 0 spiro atoms. The Kier molecular flexibility index (Phi) is 6.88. The molecule has 0 saturated carbocycles. The molecule has 1 aromatic heterocycles. The van der Waals surface area contributed by atoms with Crippen LogP contribution in [0.3, 0.4) is 0 Å². The van der Waals surface area contributed by atoms with E-state index >= 15 is 0 Å². The summed E-state index contributed by atoms with van der Waals surface area (Å²) in [5, 5.41) is 22.5. The Labute approximate surface area is 218 Å². The van der Waals surface area contributed by atoms with Crippen molar-refractivity contribution in [1.82, 2.24) is 9.55 Å². The molecule has 3 N–H and O–H groups in total. The number of aromatic nitrogens is 2. The molecule has 0 amide bonds. The summed E-state index contributed by atoms with van der Waals surface area (Å²) >= 11 is 6.62. The van der Waals surface area contributed by atoms with Gasteiger partial charge in [-0.25, -0.2) is 4.79 Å². The van der Waals surface area contributed by atoms with Crippen LogP contribution in [0, 0.1) is 6.92 Å². The first-order valence-electron chi connectivity index (χ1n) is 12.0. The molecule has 37 heavy (non-hydrogen) atoms. The van der Waals surface area contributed by atoms with E-state index in [9.17, 15) is 19.8 Å². The number of halogens is 1. The van der Waals surface area contributed by atoms with E-state index < -0.39 is 46.6 Å². The Morgan fingerprint density at radius 3 is 1.81 bits per heavy atom. The third-order valence-electron chi connectivity index (χ3n) is 7.09. The van der Waals surface area contributed by atoms with Crippen molar-refractivity contribution in [2.24, 2.45) is 0 Å². The molecule has 5 rings (SSSR count). The van der Waals surface area contributed by atoms with Crippen LogP contribution in [0.4, 0.5) is 0 Å². The van der Waals surface area contributed by atoms with Gasteiger partial charge in [0.15, 0.2) is 6.23 Å². The molecule has 1 aliphatic rings. The van der Waals surface area contributed by atoms with Gasteiger partial charge in [0.25, 0.3) is 5.56 Å². The van der Waals surface area contributed by atoms with Gasteiger partial charge >= 0.3 is 5.69 Å². The molecule has 7 nitrogen and oxygen atoms in total. The van der Waals surface area contributed by atoms with Crippen LogP contribution in [0.15, 0.2) is 107 Å². The maximum absolute atomic E-state index is 12.6. The number of nitrogens with zero attached hydrogens (tertiary/aromatic N) is 1. The largest absolute Gasteiger partial charge is 0.389 e. The highest BCUT2D eigenvalue weighted by Crippen LogP contribution is 2.47. The highest BCUT2D eigenvalue weighted by atomic mass is 35.5. The third kappa shape index (κ3) is 4.24. The molecule has 4 aromatic rings. The number of aliphatic hydroxyl groups is 2. The van der Waals surface area contributed by atoms with Crippen LogP contribution in [-0.2, 0) is 10.2 Å². The summed E-state index contributed by atoms with van der Waals surface area (Å²) in [4.78, 5) is 26.7. The first-order chi connectivity index (χ1) is 17.9. The zero-order valence-corrected chi connectivity index (χ0v) is 20.8. The molecule has 0 bridgehead atoms. The van der Waals surface area contributed by atoms with Gasteiger partial charge in [-0.3, -0.25) is 14.3 Å². The molecule has 5 atom stereocenters. The van der Waals surface area contributed by atoms with Crippen molar-refractivity contribution in [2.45, 2.75) is 42.3 Å². The van der Waals surface area contributed by atoms with E-state index in [-0.39, 0.29) is 5.56 Å². The maximum atomic E-state index is 12.6. The second-order valence-corrected chi connectivity index (χ2v) is 9.76. The number of aromatic amines is 1. The first kappa shape index (κ1) is 25.2. The van der Waals surface area contributed by atoms with E-state index in [2.05, 4.69) is 4.98 Å². The van der Waals surface area contributed by atoms with Gasteiger partial charge in [-0.05, 0) is 23.6 Å². The summed E-state index contributed by atoms with van der Waals surface area (Å²) in [6.07, 6.45) is -3.58. The lowest BCUT2D eigenvalue weighted by Crippen LogP contribution is -2.52. The van der Waals surface area contributed by atoms with Crippen molar-refractivity contribution in [3.63, 3.8) is 0 Å². The van der Waals surface area contributed by atoms with Gasteiger partial charge < -0.3 is 14.9 Å². The van der Waals surface area contributed by atoms with Crippen molar-refractivity contribution >= 4 is 11.6 Å². The minimum atomic E-state index is -1.32. The Bertz CT molecular complexity index is 1380. The number of ether oxygens (including phenoxy) is 1. The van der Waals surface area contributed by atoms with Crippen LogP contribution in [0.1, 0.15) is 28.5 Å². The Morgan fingerprint density at radius 2 is 1.35 bits per heavy atom. The highest BCUT2D eigenvalue weighted by Gasteiger charge is 2.55. The van der Waals surface area contributed by atoms with Crippen molar-refractivity contribution in [1.29, 1.82) is 0 Å². The van der Waals surface area contributed by atoms with Crippen molar-refractivity contribution < 1.29 is 14.9 Å². The predicted molar refractivity (Wildman–Crippen MR) is 141 cm³/mol. The van der Waals surface area contributed by atoms with E-state index in [4.69, 9.17) is 16.3 Å². The molecular weight excluding hydrogens is 492 g/mol. The molecular formula is C29H27ClN2O5. The van der Waals surface area contributed by atoms with E-state index in [1.165, 1.54) is 6.20 Å². The van der Waals surface area contributed by atoms with Crippen LogP contribution < -0.4 is 11.2 Å². The van der Waals surface area contributed by atoms with Gasteiger partial charge in [-0.2, -0.15) is 0 Å². The normalized spacial score (nSPS) is 22.6. The summed E-state index contributed by atoms with van der Waals surface area (Å²) in [5.41, 5.74) is 0.296. The summed E-state index contributed by atoms with van der Waals surface area (Å²) in [7, 11) is 0. The Morgan fingerprint density at radius 1 is 0.892 bits per heavy atom. The van der Waals surface area contributed by atoms with E-state index in [0.29, 0.717) is 0 Å². The smallest absolute Gasteiger partial charge is 0.330 e. The number of nitrogens with one attached hydrogen (secondary N) is 1. The Hall–Kier alpha value is -3.49. The van der Waals surface area contributed by atoms with Gasteiger partial charge in [-0.1, -0.05) is 91.0 Å². The fourth-order valence-electron chi connectivity index (χ4n) is 5.28. The zero-order chi connectivity index (χ0) is 26.2. The minimum Gasteiger partial charge on any atom is -0.389 e. The summed E-state index contributed by atoms with van der Waals surface area (Å²) in [5.74, 6) is 0. The highest BCUT2D eigenvalue weighted by molar-refractivity contribution is 6.21. The van der Waals surface area contributed by atoms with E-state index in [1.54, 1.807) is 6.92 Å². The SMILES string of the molecule is Cc1cn([C@@H]2O[C@H](C(O)C(c3ccccc3)(c3ccccc3)c3ccccc3)[C@@H](O)C2Cl)c(=O)[nH]c1=O. The van der Waals surface area contributed by atoms with Crippen molar-refractivity contribution in [2.75, 3.05) is 0 Å². The average molecular weight is 519 g/mol. The molecule has 1 saturated heterocycles. The molecule has 1 fully saturated rings. The lowest BCUT2D eigenvalue weighted by molar-refractivity contribution is -0.0976. The molecule has 190 valence electrons. The Balaban J connectivity index is 1.68. The monoisotopic (exact) mass is 518 g/mol. The fraction of sp³-hybridized carbons (Fsp3) is 0.241. The van der Waals surface area contributed by atoms with Crippen LogP contribution in [-0.4, -0.2) is 43.5 Å².